The Hall–Kier alpha value is -2.18. The van der Waals surface area contributed by atoms with E-state index < -0.39 is 0 Å². The Bertz CT molecular complexity index is 697. The highest BCUT2D eigenvalue weighted by atomic mass is 16.5. The Morgan fingerprint density at radius 1 is 1.16 bits per heavy atom. The Morgan fingerprint density at radius 3 is 2.92 bits per heavy atom. The van der Waals surface area contributed by atoms with Crippen molar-refractivity contribution < 1.29 is 14.2 Å². The van der Waals surface area contributed by atoms with Gasteiger partial charge < -0.3 is 14.2 Å². The van der Waals surface area contributed by atoms with Crippen molar-refractivity contribution in [1.82, 2.24) is 14.9 Å². The van der Waals surface area contributed by atoms with Gasteiger partial charge in [0, 0.05) is 49.8 Å². The minimum Gasteiger partial charge on any atom is -0.481 e. The molecule has 4 heterocycles. The first-order chi connectivity index (χ1) is 12.3. The molecule has 0 bridgehead atoms. The highest BCUT2D eigenvalue weighted by Crippen LogP contribution is 2.32. The van der Waals surface area contributed by atoms with Gasteiger partial charge in [-0.1, -0.05) is 12.1 Å². The molecular formula is C19H23N3O3. The van der Waals surface area contributed by atoms with Gasteiger partial charge in [0.15, 0.2) is 0 Å². The molecule has 2 saturated heterocycles. The summed E-state index contributed by atoms with van der Waals surface area (Å²) >= 11 is 0. The molecule has 0 N–H and O–H groups in total. The highest BCUT2D eigenvalue weighted by molar-refractivity contribution is 5.25. The minimum absolute atomic E-state index is 0.0504. The van der Waals surface area contributed by atoms with E-state index in [1.54, 1.807) is 19.5 Å². The van der Waals surface area contributed by atoms with Crippen molar-refractivity contribution in [1.29, 1.82) is 0 Å². The van der Waals surface area contributed by atoms with Gasteiger partial charge in [0.25, 0.3) is 0 Å². The molecule has 0 aliphatic carbocycles. The average molecular weight is 341 g/mol. The molecule has 0 saturated carbocycles. The predicted molar refractivity (Wildman–Crippen MR) is 92.6 cm³/mol. The first-order valence-electron chi connectivity index (χ1n) is 8.76. The molecule has 4 rings (SSSR count). The normalized spacial score (nSPS) is 26.2. The molecule has 3 atom stereocenters. The van der Waals surface area contributed by atoms with Gasteiger partial charge in [-0.3, -0.25) is 4.90 Å². The molecule has 0 aromatic carbocycles. The number of piperidine rings is 1. The molecule has 2 aromatic heterocycles. The molecule has 6 nitrogen and oxygen atoms in total. The molecule has 0 spiro atoms. The molecule has 2 aliphatic rings. The largest absolute Gasteiger partial charge is 0.481 e. The van der Waals surface area contributed by atoms with Crippen LogP contribution in [0, 0.1) is 0 Å². The van der Waals surface area contributed by atoms with E-state index in [2.05, 4.69) is 20.9 Å². The Morgan fingerprint density at radius 2 is 2.08 bits per heavy atom. The summed E-state index contributed by atoms with van der Waals surface area (Å²) in [7, 11) is 1.67. The van der Waals surface area contributed by atoms with Gasteiger partial charge in [-0.15, -0.1) is 0 Å². The molecule has 25 heavy (non-hydrogen) atoms. The zero-order chi connectivity index (χ0) is 17.1. The van der Waals surface area contributed by atoms with Crippen molar-refractivity contribution in [2.75, 3.05) is 20.3 Å². The molecular weight excluding hydrogens is 318 g/mol. The fraction of sp³-hybridized carbons (Fsp3) is 0.474. The van der Waals surface area contributed by atoms with Crippen molar-refractivity contribution in [3.05, 3.63) is 48.3 Å². The quantitative estimate of drug-likeness (QED) is 0.832. The number of aromatic nitrogens is 2. The number of rotatable bonds is 5. The molecule has 0 amide bonds. The van der Waals surface area contributed by atoms with E-state index in [0.29, 0.717) is 17.8 Å². The van der Waals surface area contributed by atoms with Crippen LogP contribution in [0.4, 0.5) is 0 Å². The summed E-state index contributed by atoms with van der Waals surface area (Å²) in [5.41, 5.74) is 1.11. The van der Waals surface area contributed by atoms with E-state index in [4.69, 9.17) is 14.2 Å². The van der Waals surface area contributed by atoms with Crippen LogP contribution in [0.2, 0.25) is 0 Å². The molecule has 2 aliphatic heterocycles. The monoisotopic (exact) mass is 341 g/mol. The SMILES string of the molecule is COc1ncccc1CN1CC[C@@H](Oc2ccccn2)[C@H]2OCC[C@@H]21. The summed E-state index contributed by atoms with van der Waals surface area (Å²) in [5, 5.41) is 0. The fourth-order valence-electron chi connectivity index (χ4n) is 3.81. The number of likely N-dealkylation sites (tertiary alicyclic amines) is 1. The molecule has 132 valence electrons. The number of nitrogens with zero attached hydrogens (tertiary/aromatic N) is 3. The Labute approximate surface area is 147 Å². The predicted octanol–water partition coefficient (Wildman–Crippen LogP) is 2.30. The van der Waals surface area contributed by atoms with Gasteiger partial charge in [-0.2, -0.15) is 0 Å². The number of fused-ring (bicyclic) bond motifs is 1. The van der Waals surface area contributed by atoms with Crippen molar-refractivity contribution in [3.63, 3.8) is 0 Å². The second-order valence-corrected chi connectivity index (χ2v) is 6.45. The van der Waals surface area contributed by atoms with E-state index in [9.17, 15) is 0 Å². The number of ether oxygens (including phenoxy) is 3. The molecule has 2 aromatic rings. The van der Waals surface area contributed by atoms with Crippen LogP contribution in [0.5, 0.6) is 11.8 Å². The lowest BCUT2D eigenvalue weighted by Crippen LogP contribution is -2.53. The van der Waals surface area contributed by atoms with Crippen LogP contribution in [-0.2, 0) is 11.3 Å². The van der Waals surface area contributed by atoms with Crippen molar-refractivity contribution in [2.24, 2.45) is 0 Å². The first kappa shape index (κ1) is 16.3. The van der Waals surface area contributed by atoms with Gasteiger partial charge in [-0.25, -0.2) is 9.97 Å². The average Bonchev–Trinajstić information content (AvgIpc) is 3.15. The lowest BCUT2D eigenvalue weighted by molar-refractivity contribution is -0.0573. The summed E-state index contributed by atoms with van der Waals surface area (Å²) in [6.07, 6.45) is 5.59. The van der Waals surface area contributed by atoms with Crippen LogP contribution < -0.4 is 9.47 Å². The van der Waals surface area contributed by atoms with E-state index in [0.717, 1.165) is 38.1 Å². The third-order valence-corrected chi connectivity index (χ3v) is 4.97. The summed E-state index contributed by atoms with van der Waals surface area (Å²) in [6.45, 7) is 2.55. The van der Waals surface area contributed by atoms with E-state index in [1.807, 2.05) is 24.3 Å². The fourth-order valence-corrected chi connectivity index (χ4v) is 3.81. The summed E-state index contributed by atoms with van der Waals surface area (Å²) < 4.78 is 17.5. The van der Waals surface area contributed by atoms with Crippen LogP contribution in [0.1, 0.15) is 18.4 Å². The summed E-state index contributed by atoms with van der Waals surface area (Å²) in [6, 6.07) is 10.1. The van der Waals surface area contributed by atoms with E-state index >= 15 is 0 Å². The van der Waals surface area contributed by atoms with Gasteiger partial charge in [-0.05, 0) is 25.0 Å². The van der Waals surface area contributed by atoms with Crippen LogP contribution in [-0.4, -0.2) is 53.4 Å². The standard InChI is InChI=1S/C19H23N3O3/c1-23-19-14(5-4-10-21-19)13-22-11-7-16(18-15(22)8-12-24-18)25-17-6-2-3-9-20-17/h2-6,9-10,15-16,18H,7-8,11-13H2,1H3/t15-,16+,18-/m0/s1. The van der Waals surface area contributed by atoms with Gasteiger partial charge in [0.2, 0.25) is 11.8 Å². The molecule has 2 fully saturated rings. The zero-order valence-electron chi connectivity index (χ0n) is 14.4. The lowest BCUT2D eigenvalue weighted by atomic mass is 9.95. The van der Waals surface area contributed by atoms with E-state index in [1.165, 1.54) is 0 Å². The Balaban J connectivity index is 1.47. The van der Waals surface area contributed by atoms with Crippen LogP contribution in [0.3, 0.4) is 0 Å². The zero-order valence-corrected chi connectivity index (χ0v) is 14.4. The van der Waals surface area contributed by atoms with Crippen molar-refractivity contribution in [2.45, 2.75) is 37.6 Å². The minimum atomic E-state index is 0.0504. The molecule has 6 heteroatoms. The Kier molecular flexibility index (Phi) is 4.81. The van der Waals surface area contributed by atoms with E-state index in [-0.39, 0.29) is 12.2 Å². The third kappa shape index (κ3) is 3.45. The van der Waals surface area contributed by atoms with Gasteiger partial charge in [0.1, 0.15) is 12.2 Å². The second-order valence-electron chi connectivity index (χ2n) is 6.45. The van der Waals surface area contributed by atoms with Crippen molar-refractivity contribution >= 4 is 0 Å². The first-order valence-corrected chi connectivity index (χ1v) is 8.76. The van der Waals surface area contributed by atoms with Crippen LogP contribution >= 0.6 is 0 Å². The number of hydrogen-bond donors (Lipinski definition) is 0. The van der Waals surface area contributed by atoms with Crippen molar-refractivity contribution in [3.8, 4) is 11.8 Å². The van der Waals surface area contributed by atoms with Gasteiger partial charge in [0.05, 0.1) is 7.11 Å². The lowest BCUT2D eigenvalue weighted by Gasteiger charge is -2.41. The molecule has 0 unspecified atom stereocenters. The third-order valence-electron chi connectivity index (χ3n) is 4.97. The maximum absolute atomic E-state index is 6.11. The van der Waals surface area contributed by atoms with Crippen LogP contribution in [0.25, 0.3) is 0 Å². The number of methoxy groups -OCH3 is 1. The maximum Gasteiger partial charge on any atom is 0.217 e. The second kappa shape index (κ2) is 7.37. The molecule has 0 radical (unpaired) electrons. The topological polar surface area (TPSA) is 56.7 Å². The summed E-state index contributed by atoms with van der Waals surface area (Å²) in [5.74, 6) is 1.37. The highest BCUT2D eigenvalue weighted by Gasteiger charge is 2.43. The maximum atomic E-state index is 6.11. The van der Waals surface area contributed by atoms with Crippen LogP contribution in [0.15, 0.2) is 42.7 Å². The number of pyridine rings is 2. The summed E-state index contributed by atoms with van der Waals surface area (Å²) in [4.78, 5) is 11.1. The smallest absolute Gasteiger partial charge is 0.217 e. The number of hydrogen-bond acceptors (Lipinski definition) is 6. The van der Waals surface area contributed by atoms with Gasteiger partial charge >= 0.3 is 0 Å².